The molecule has 1 atom stereocenters. The van der Waals surface area contributed by atoms with Gasteiger partial charge in [0.2, 0.25) is 5.91 Å². The molecule has 0 fully saturated rings. The summed E-state index contributed by atoms with van der Waals surface area (Å²) in [5.74, 6) is 1.32. The summed E-state index contributed by atoms with van der Waals surface area (Å²) >= 11 is 5.76. The van der Waals surface area contributed by atoms with Crippen molar-refractivity contribution in [3.63, 3.8) is 0 Å². The van der Waals surface area contributed by atoms with E-state index in [4.69, 9.17) is 11.6 Å². The number of carbonyl (C=O) groups excluding carboxylic acids is 1. The van der Waals surface area contributed by atoms with Gasteiger partial charge in [0.15, 0.2) is 0 Å². The molecule has 1 N–H and O–H groups in total. The van der Waals surface area contributed by atoms with E-state index in [2.05, 4.69) is 39.9 Å². The number of hydrogen-bond donors (Lipinski definition) is 1. The van der Waals surface area contributed by atoms with Gasteiger partial charge in [0.1, 0.15) is 0 Å². The Kier molecular flexibility index (Phi) is 7.05. The molecule has 2 nitrogen and oxygen atoms in total. The summed E-state index contributed by atoms with van der Waals surface area (Å²) < 4.78 is 0. The predicted molar refractivity (Wildman–Crippen MR) is 70.8 cm³/mol. The molecule has 0 heterocycles. The quantitative estimate of drug-likeness (QED) is 0.715. The zero-order chi connectivity index (χ0) is 12.8. The maximum atomic E-state index is 11.7. The summed E-state index contributed by atoms with van der Waals surface area (Å²) in [6, 6.07) is 0.171. The molecule has 1 amide bonds. The zero-order valence-electron chi connectivity index (χ0n) is 11.3. The molecule has 0 saturated carbocycles. The van der Waals surface area contributed by atoms with Gasteiger partial charge in [-0.1, -0.05) is 34.6 Å². The number of alkyl halides is 1. The molecule has 0 aromatic rings. The summed E-state index contributed by atoms with van der Waals surface area (Å²) in [6.45, 7) is 10.7. The molecule has 0 rings (SSSR count). The molecular weight excluding hydrogens is 222 g/mol. The Hall–Kier alpha value is -0.240. The van der Waals surface area contributed by atoms with E-state index in [1.54, 1.807) is 0 Å². The van der Waals surface area contributed by atoms with Gasteiger partial charge in [-0.15, -0.1) is 11.6 Å². The lowest BCUT2D eigenvalue weighted by Gasteiger charge is -2.31. The highest BCUT2D eigenvalue weighted by molar-refractivity contribution is 6.17. The van der Waals surface area contributed by atoms with Crippen LogP contribution in [0.2, 0.25) is 0 Å². The second kappa shape index (κ2) is 7.16. The summed E-state index contributed by atoms with van der Waals surface area (Å²) in [7, 11) is 0. The molecule has 0 aliphatic rings. The van der Waals surface area contributed by atoms with Crippen LogP contribution in [0.4, 0.5) is 0 Å². The topological polar surface area (TPSA) is 29.1 Å². The van der Waals surface area contributed by atoms with E-state index >= 15 is 0 Å². The number of amides is 1. The van der Waals surface area contributed by atoms with Crippen molar-refractivity contribution in [3.05, 3.63) is 0 Å². The second-order valence-corrected chi connectivity index (χ2v) is 6.27. The minimum atomic E-state index is 0.0718. The molecule has 96 valence electrons. The minimum absolute atomic E-state index is 0.0718. The van der Waals surface area contributed by atoms with Gasteiger partial charge in [0.25, 0.3) is 0 Å². The maximum Gasteiger partial charge on any atom is 0.220 e. The Morgan fingerprint density at radius 2 is 1.81 bits per heavy atom. The summed E-state index contributed by atoms with van der Waals surface area (Å²) in [5, 5.41) is 3.09. The highest BCUT2D eigenvalue weighted by atomic mass is 35.5. The van der Waals surface area contributed by atoms with Crippen molar-refractivity contribution in [2.45, 2.75) is 59.9 Å². The molecule has 0 aromatic heterocycles. The number of halogens is 1. The zero-order valence-corrected chi connectivity index (χ0v) is 12.0. The van der Waals surface area contributed by atoms with Crippen LogP contribution in [0.1, 0.15) is 53.9 Å². The summed E-state index contributed by atoms with van der Waals surface area (Å²) in [5.41, 5.74) is 0.0718. The van der Waals surface area contributed by atoms with E-state index in [1.165, 1.54) is 0 Å². The van der Waals surface area contributed by atoms with Crippen molar-refractivity contribution in [2.24, 2.45) is 11.3 Å². The van der Waals surface area contributed by atoms with Crippen LogP contribution in [-0.4, -0.2) is 17.8 Å². The Bertz CT molecular complexity index is 208. The molecule has 0 aliphatic heterocycles. The first kappa shape index (κ1) is 15.8. The summed E-state index contributed by atoms with van der Waals surface area (Å²) in [4.78, 5) is 11.7. The van der Waals surface area contributed by atoms with Crippen LogP contribution in [0.3, 0.4) is 0 Å². The van der Waals surface area contributed by atoms with E-state index in [9.17, 15) is 4.79 Å². The molecular formula is C13H26ClNO. The van der Waals surface area contributed by atoms with E-state index < -0.39 is 0 Å². The van der Waals surface area contributed by atoms with Crippen molar-refractivity contribution in [2.75, 3.05) is 5.88 Å². The lowest BCUT2D eigenvalue weighted by molar-refractivity contribution is -0.122. The van der Waals surface area contributed by atoms with Gasteiger partial charge in [-0.3, -0.25) is 4.79 Å². The van der Waals surface area contributed by atoms with Crippen LogP contribution in [0.25, 0.3) is 0 Å². The van der Waals surface area contributed by atoms with Gasteiger partial charge in [-0.25, -0.2) is 0 Å². The fraction of sp³-hybridized carbons (Fsp3) is 0.923. The number of carbonyl (C=O) groups is 1. The van der Waals surface area contributed by atoms with Crippen molar-refractivity contribution in [1.82, 2.24) is 5.32 Å². The number of rotatable bonds is 6. The van der Waals surface area contributed by atoms with Gasteiger partial charge in [-0.05, 0) is 24.2 Å². The molecule has 0 aliphatic carbocycles. The van der Waals surface area contributed by atoms with Gasteiger partial charge in [0.05, 0.1) is 0 Å². The SMILES string of the molecule is CC(C)CCC(=O)NC(CCCl)C(C)(C)C. The molecule has 0 bridgehead atoms. The highest BCUT2D eigenvalue weighted by Gasteiger charge is 2.25. The monoisotopic (exact) mass is 247 g/mol. The van der Waals surface area contributed by atoms with Crippen molar-refractivity contribution >= 4 is 17.5 Å². The Labute approximate surface area is 105 Å². The first-order valence-corrected chi connectivity index (χ1v) is 6.66. The molecule has 16 heavy (non-hydrogen) atoms. The van der Waals surface area contributed by atoms with Crippen molar-refractivity contribution in [3.8, 4) is 0 Å². The Balaban J connectivity index is 4.14. The predicted octanol–water partition coefficient (Wildman–Crippen LogP) is 3.58. The maximum absolute atomic E-state index is 11.7. The standard InChI is InChI=1S/C13H26ClNO/c1-10(2)6-7-12(16)15-11(8-9-14)13(3,4)5/h10-11H,6-9H2,1-5H3,(H,15,16). The van der Waals surface area contributed by atoms with Gasteiger partial charge in [0, 0.05) is 18.3 Å². The van der Waals surface area contributed by atoms with E-state index in [1.807, 2.05) is 0 Å². The average molecular weight is 248 g/mol. The average Bonchev–Trinajstić information content (AvgIpc) is 2.12. The molecule has 0 saturated heterocycles. The van der Waals surface area contributed by atoms with Crippen LogP contribution in [0, 0.1) is 11.3 Å². The third-order valence-electron chi connectivity index (χ3n) is 2.73. The van der Waals surface area contributed by atoms with Gasteiger partial charge in [-0.2, -0.15) is 0 Å². The molecule has 0 spiro atoms. The lowest BCUT2D eigenvalue weighted by Crippen LogP contribution is -2.44. The van der Waals surface area contributed by atoms with Crippen molar-refractivity contribution < 1.29 is 4.79 Å². The minimum Gasteiger partial charge on any atom is -0.353 e. The molecule has 0 radical (unpaired) electrons. The van der Waals surface area contributed by atoms with E-state index in [-0.39, 0.29) is 17.4 Å². The Morgan fingerprint density at radius 1 is 1.25 bits per heavy atom. The summed E-state index contributed by atoms with van der Waals surface area (Å²) in [6.07, 6.45) is 2.40. The Morgan fingerprint density at radius 3 is 2.19 bits per heavy atom. The van der Waals surface area contributed by atoms with Gasteiger partial charge >= 0.3 is 0 Å². The lowest BCUT2D eigenvalue weighted by atomic mass is 9.85. The molecule has 0 aromatic carbocycles. The van der Waals surface area contributed by atoms with Crippen LogP contribution in [-0.2, 0) is 4.79 Å². The fourth-order valence-corrected chi connectivity index (χ4v) is 1.74. The van der Waals surface area contributed by atoms with Gasteiger partial charge < -0.3 is 5.32 Å². The van der Waals surface area contributed by atoms with E-state index in [0.717, 1.165) is 12.8 Å². The van der Waals surface area contributed by atoms with Crippen LogP contribution >= 0.6 is 11.6 Å². The normalized spacial score (nSPS) is 13.9. The smallest absolute Gasteiger partial charge is 0.220 e. The van der Waals surface area contributed by atoms with Crippen LogP contribution in [0.5, 0.6) is 0 Å². The van der Waals surface area contributed by atoms with Crippen LogP contribution < -0.4 is 5.32 Å². The fourth-order valence-electron chi connectivity index (χ4n) is 1.52. The third kappa shape index (κ3) is 7.10. The highest BCUT2D eigenvalue weighted by Crippen LogP contribution is 2.22. The number of nitrogens with one attached hydrogen (secondary N) is 1. The second-order valence-electron chi connectivity index (χ2n) is 5.90. The molecule has 3 heteroatoms. The first-order chi connectivity index (χ1) is 7.27. The third-order valence-corrected chi connectivity index (χ3v) is 2.95. The molecule has 1 unspecified atom stereocenters. The van der Waals surface area contributed by atoms with Crippen molar-refractivity contribution in [1.29, 1.82) is 0 Å². The largest absolute Gasteiger partial charge is 0.353 e. The van der Waals surface area contributed by atoms with Crippen LogP contribution in [0.15, 0.2) is 0 Å². The number of hydrogen-bond acceptors (Lipinski definition) is 1. The van der Waals surface area contributed by atoms with E-state index in [0.29, 0.717) is 18.2 Å². The first-order valence-electron chi connectivity index (χ1n) is 6.12.